The van der Waals surface area contributed by atoms with Crippen molar-refractivity contribution in [1.82, 2.24) is 0 Å². The van der Waals surface area contributed by atoms with Crippen molar-refractivity contribution in [2.24, 2.45) is 5.73 Å². The highest BCUT2D eigenvalue weighted by Gasteiger charge is 1.93. The monoisotopic (exact) mass is 175 g/mol. The van der Waals surface area contributed by atoms with E-state index in [9.17, 15) is 4.79 Å². The molecule has 0 aliphatic heterocycles. The molecule has 1 amide bonds. The van der Waals surface area contributed by atoms with E-state index in [2.05, 4.69) is 4.74 Å². The molecular formula is C8H17NO3. The molecule has 4 nitrogen and oxygen atoms in total. The van der Waals surface area contributed by atoms with Crippen molar-refractivity contribution in [3.05, 3.63) is 0 Å². The number of carbonyl (C=O) groups is 1. The first kappa shape index (κ1) is 11.2. The summed E-state index contributed by atoms with van der Waals surface area (Å²) >= 11 is 0. The van der Waals surface area contributed by atoms with E-state index < -0.39 is 6.09 Å². The summed E-state index contributed by atoms with van der Waals surface area (Å²) in [7, 11) is 0. The smallest absolute Gasteiger partial charge is 0.404 e. The quantitative estimate of drug-likeness (QED) is 0.567. The Balaban J connectivity index is 2.86. The first-order valence-electron chi connectivity index (χ1n) is 4.30. The topological polar surface area (TPSA) is 72.6 Å². The van der Waals surface area contributed by atoms with Gasteiger partial charge in [-0.25, -0.2) is 4.79 Å². The molecule has 0 aliphatic carbocycles. The molecule has 12 heavy (non-hydrogen) atoms. The lowest BCUT2D eigenvalue weighted by atomic mass is 10.1. The van der Waals surface area contributed by atoms with Crippen LogP contribution in [-0.4, -0.2) is 24.4 Å². The maximum Gasteiger partial charge on any atom is 0.404 e. The predicted molar refractivity (Wildman–Crippen MR) is 45.7 cm³/mol. The Morgan fingerprint density at radius 3 is 2.33 bits per heavy atom. The van der Waals surface area contributed by atoms with Gasteiger partial charge in [-0.15, -0.1) is 0 Å². The number of unbranched alkanes of at least 4 members (excludes halogenated alkanes) is 4. The Bertz CT molecular complexity index is 117. The fourth-order valence-corrected chi connectivity index (χ4v) is 0.917. The van der Waals surface area contributed by atoms with Gasteiger partial charge in [0.2, 0.25) is 0 Å². The van der Waals surface area contributed by atoms with Gasteiger partial charge in [0.25, 0.3) is 0 Å². The first-order chi connectivity index (χ1) is 5.77. The number of amides is 1. The number of aliphatic hydroxyl groups excluding tert-OH is 1. The van der Waals surface area contributed by atoms with Crippen molar-refractivity contribution in [3.63, 3.8) is 0 Å². The molecule has 0 fully saturated rings. The van der Waals surface area contributed by atoms with Crippen LogP contribution >= 0.6 is 0 Å². The summed E-state index contributed by atoms with van der Waals surface area (Å²) < 4.78 is 4.54. The van der Waals surface area contributed by atoms with Crippen LogP contribution in [0.25, 0.3) is 0 Å². The molecule has 0 aromatic carbocycles. The van der Waals surface area contributed by atoms with E-state index in [-0.39, 0.29) is 6.61 Å². The summed E-state index contributed by atoms with van der Waals surface area (Å²) in [6.45, 7) is 0.673. The molecule has 3 N–H and O–H groups in total. The Morgan fingerprint density at radius 1 is 1.17 bits per heavy atom. The van der Waals surface area contributed by atoms with Crippen LogP contribution in [0.5, 0.6) is 0 Å². The standard InChI is InChI=1S/C8H17NO3/c9-8(11)12-7-5-3-1-2-4-6-10/h10H,1-7H2,(H2,9,11). The maximum absolute atomic E-state index is 10.1. The lowest BCUT2D eigenvalue weighted by molar-refractivity contribution is 0.154. The highest BCUT2D eigenvalue weighted by molar-refractivity contribution is 5.64. The van der Waals surface area contributed by atoms with Crippen molar-refractivity contribution in [1.29, 1.82) is 0 Å². The maximum atomic E-state index is 10.1. The number of hydrogen-bond donors (Lipinski definition) is 2. The lowest BCUT2D eigenvalue weighted by Crippen LogP contribution is -2.13. The SMILES string of the molecule is NC(=O)OCCCCCCCO. The highest BCUT2D eigenvalue weighted by atomic mass is 16.5. The van der Waals surface area contributed by atoms with Gasteiger partial charge in [-0.05, 0) is 12.8 Å². The number of nitrogens with two attached hydrogens (primary N) is 1. The lowest BCUT2D eigenvalue weighted by Gasteiger charge is -2.00. The molecule has 0 saturated heterocycles. The second-order valence-electron chi connectivity index (χ2n) is 2.66. The zero-order valence-electron chi connectivity index (χ0n) is 7.29. The minimum Gasteiger partial charge on any atom is -0.450 e. The van der Waals surface area contributed by atoms with Crippen molar-refractivity contribution in [2.45, 2.75) is 32.1 Å². The zero-order chi connectivity index (χ0) is 9.23. The van der Waals surface area contributed by atoms with Crippen LogP contribution in [0.2, 0.25) is 0 Å². The average Bonchev–Trinajstić information content (AvgIpc) is 2.02. The van der Waals surface area contributed by atoms with Gasteiger partial charge in [-0.1, -0.05) is 19.3 Å². The summed E-state index contributed by atoms with van der Waals surface area (Å²) in [4.78, 5) is 10.1. The second kappa shape index (κ2) is 8.33. The van der Waals surface area contributed by atoms with Crippen molar-refractivity contribution >= 4 is 6.09 Å². The minimum absolute atomic E-state index is 0.262. The Labute approximate surface area is 72.7 Å². The molecule has 0 bridgehead atoms. The third-order valence-electron chi connectivity index (χ3n) is 1.55. The number of aliphatic hydroxyl groups is 1. The Hall–Kier alpha value is -0.770. The summed E-state index contributed by atoms with van der Waals surface area (Å²) in [5.74, 6) is 0. The molecule has 0 aliphatic rings. The number of hydrogen-bond acceptors (Lipinski definition) is 3. The van der Waals surface area contributed by atoms with Crippen LogP contribution < -0.4 is 5.73 Å². The van der Waals surface area contributed by atoms with Gasteiger partial charge in [0.15, 0.2) is 0 Å². The fraction of sp³-hybridized carbons (Fsp3) is 0.875. The van der Waals surface area contributed by atoms with Crippen LogP contribution in [0.15, 0.2) is 0 Å². The summed E-state index contributed by atoms with van der Waals surface area (Å²) in [5, 5.41) is 8.46. The summed E-state index contributed by atoms with van der Waals surface area (Å²) in [5.41, 5.74) is 4.76. The van der Waals surface area contributed by atoms with Crippen molar-refractivity contribution < 1.29 is 14.6 Å². The minimum atomic E-state index is -0.703. The van der Waals surface area contributed by atoms with E-state index in [1.54, 1.807) is 0 Å². The Morgan fingerprint density at radius 2 is 1.75 bits per heavy atom. The normalized spacial score (nSPS) is 9.75. The number of carbonyl (C=O) groups excluding carboxylic acids is 1. The molecule has 0 aromatic rings. The fourth-order valence-electron chi connectivity index (χ4n) is 0.917. The molecular weight excluding hydrogens is 158 g/mol. The first-order valence-corrected chi connectivity index (χ1v) is 4.30. The summed E-state index contributed by atoms with van der Waals surface area (Å²) in [6.07, 6.45) is 4.14. The van der Waals surface area contributed by atoms with E-state index in [1.807, 2.05) is 0 Å². The average molecular weight is 175 g/mol. The third kappa shape index (κ3) is 9.23. The molecule has 0 spiro atoms. The van der Waals surface area contributed by atoms with Gasteiger partial charge < -0.3 is 15.6 Å². The predicted octanol–water partition coefficient (Wildman–Crippen LogP) is 1.02. The zero-order valence-corrected chi connectivity index (χ0v) is 7.29. The van der Waals surface area contributed by atoms with Crippen LogP contribution in [0.4, 0.5) is 4.79 Å². The largest absolute Gasteiger partial charge is 0.450 e. The van der Waals surface area contributed by atoms with Gasteiger partial charge in [0, 0.05) is 6.61 Å². The van der Waals surface area contributed by atoms with Gasteiger partial charge in [-0.2, -0.15) is 0 Å². The van der Waals surface area contributed by atoms with Crippen molar-refractivity contribution in [2.75, 3.05) is 13.2 Å². The molecule has 0 atom stereocenters. The van der Waals surface area contributed by atoms with Gasteiger partial charge in [0.05, 0.1) is 6.61 Å². The van der Waals surface area contributed by atoms with Gasteiger partial charge >= 0.3 is 6.09 Å². The van der Waals surface area contributed by atoms with Crippen LogP contribution in [0, 0.1) is 0 Å². The van der Waals surface area contributed by atoms with Gasteiger partial charge in [-0.3, -0.25) is 0 Å². The van der Waals surface area contributed by atoms with Crippen molar-refractivity contribution in [3.8, 4) is 0 Å². The number of primary amides is 1. The van der Waals surface area contributed by atoms with Crippen LogP contribution in [0.1, 0.15) is 32.1 Å². The molecule has 0 saturated carbocycles. The Kier molecular flexibility index (Phi) is 7.79. The second-order valence-corrected chi connectivity index (χ2v) is 2.66. The molecule has 72 valence electrons. The highest BCUT2D eigenvalue weighted by Crippen LogP contribution is 2.02. The third-order valence-corrected chi connectivity index (χ3v) is 1.55. The van der Waals surface area contributed by atoms with E-state index >= 15 is 0 Å². The molecule has 0 aromatic heterocycles. The van der Waals surface area contributed by atoms with E-state index in [1.165, 1.54) is 0 Å². The van der Waals surface area contributed by atoms with Gasteiger partial charge in [0.1, 0.15) is 0 Å². The molecule has 0 rings (SSSR count). The van der Waals surface area contributed by atoms with E-state index in [4.69, 9.17) is 10.8 Å². The molecule has 0 unspecified atom stereocenters. The number of ether oxygens (including phenoxy) is 1. The molecule has 0 radical (unpaired) electrons. The van der Waals surface area contributed by atoms with E-state index in [0.29, 0.717) is 6.61 Å². The molecule has 4 heteroatoms. The van der Waals surface area contributed by atoms with Crippen LogP contribution in [0.3, 0.4) is 0 Å². The van der Waals surface area contributed by atoms with Crippen LogP contribution in [-0.2, 0) is 4.74 Å². The number of rotatable bonds is 7. The van der Waals surface area contributed by atoms with E-state index in [0.717, 1.165) is 32.1 Å². The molecule has 0 heterocycles. The summed E-state index contributed by atoms with van der Waals surface area (Å²) in [6, 6.07) is 0.